The van der Waals surface area contributed by atoms with E-state index in [-0.39, 0.29) is 18.0 Å². The highest BCUT2D eigenvalue weighted by molar-refractivity contribution is 7.13. The van der Waals surface area contributed by atoms with E-state index < -0.39 is 5.60 Å². The molecule has 4 rings (SSSR count). The molecule has 1 aromatic heterocycles. The number of rotatable bonds is 5. The predicted octanol–water partition coefficient (Wildman–Crippen LogP) is 6.09. The maximum absolute atomic E-state index is 13.5. The molecule has 5 nitrogen and oxygen atoms in total. The van der Waals surface area contributed by atoms with Crippen LogP contribution >= 0.6 is 11.5 Å². The molecule has 0 atom stereocenters. The summed E-state index contributed by atoms with van der Waals surface area (Å²) in [6, 6.07) is 5.29. The van der Waals surface area contributed by atoms with Crippen molar-refractivity contribution in [1.82, 2.24) is 14.6 Å². The van der Waals surface area contributed by atoms with Gasteiger partial charge in [0.05, 0.1) is 10.4 Å². The summed E-state index contributed by atoms with van der Waals surface area (Å²) >= 11 is 1.42. The van der Waals surface area contributed by atoms with Crippen molar-refractivity contribution in [3.63, 3.8) is 0 Å². The van der Waals surface area contributed by atoms with Gasteiger partial charge in [-0.2, -0.15) is 4.37 Å². The molecule has 2 aliphatic rings. The maximum Gasteiger partial charge on any atom is 0.407 e. The number of piperidine rings is 1. The summed E-state index contributed by atoms with van der Waals surface area (Å²) in [6.07, 6.45) is 7.65. The van der Waals surface area contributed by atoms with Gasteiger partial charge in [0.2, 0.25) is 0 Å². The summed E-state index contributed by atoms with van der Waals surface area (Å²) in [4.78, 5) is 14.6. The Balaban J connectivity index is 1.16. The molecule has 2 fully saturated rings. The van der Waals surface area contributed by atoms with Gasteiger partial charge >= 0.3 is 6.09 Å². The van der Waals surface area contributed by atoms with Crippen molar-refractivity contribution < 1.29 is 13.9 Å². The number of halogens is 1. The SMILES string of the molecule is CC(C)(C)OC(=O)NC1CCC(CCN2CCC(c3nsc4cc(F)ccc34)CC2)CC1. The smallest absolute Gasteiger partial charge is 0.407 e. The highest BCUT2D eigenvalue weighted by Gasteiger charge is 2.27. The molecule has 176 valence electrons. The number of hydrogen-bond donors (Lipinski definition) is 1. The molecule has 2 aromatic rings. The van der Waals surface area contributed by atoms with Gasteiger partial charge in [0, 0.05) is 17.3 Å². The number of nitrogens with zero attached hydrogens (tertiary/aromatic N) is 2. The fourth-order valence-electron chi connectivity index (χ4n) is 5.09. The Morgan fingerprint density at radius 3 is 2.59 bits per heavy atom. The van der Waals surface area contributed by atoms with Crippen LogP contribution in [0.2, 0.25) is 0 Å². The quantitative estimate of drug-likeness (QED) is 0.585. The van der Waals surface area contributed by atoms with Crippen molar-refractivity contribution in [1.29, 1.82) is 0 Å². The molecule has 2 heterocycles. The Hall–Kier alpha value is -1.73. The number of hydrogen-bond acceptors (Lipinski definition) is 5. The number of aromatic nitrogens is 1. The van der Waals surface area contributed by atoms with Gasteiger partial charge in [-0.3, -0.25) is 0 Å². The van der Waals surface area contributed by atoms with Gasteiger partial charge in [0.25, 0.3) is 0 Å². The maximum atomic E-state index is 13.5. The van der Waals surface area contributed by atoms with Crippen LogP contribution in [0.15, 0.2) is 18.2 Å². The van der Waals surface area contributed by atoms with Gasteiger partial charge in [0.1, 0.15) is 11.4 Å². The largest absolute Gasteiger partial charge is 0.444 e. The first-order chi connectivity index (χ1) is 15.3. The molecular weight excluding hydrogens is 425 g/mol. The molecule has 1 saturated carbocycles. The third-order valence-corrected chi connectivity index (χ3v) is 7.68. The molecule has 1 aliphatic heterocycles. The molecule has 0 spiro atoms. The third-order valence-electron chi connectivity index (χ3n) is 6.86. The van der Waals surface area contributed by atoms with Crippen molar-refractivity contribution in [2.75, 3.05) is 19.6 Å². The number of carbonyl (C=O) groups excluding carboxylic acids is 1. The zero-order valence-corrected chi connectivity index (χ0v) is 20.3. The Morgan fingerprint density at radius 1 is 1.19 bits per heavy atom. The van der Waals surface area contributed by atoms with E-state index in [1.165, 1.54) is 36.5 Å². The minimum Gasteiger partial charge on any atom is -0.444 e. The van der Waals surface area contributed by atoms with Gasteiger partial charge in [-0.1, -0.05) is 0 Å². The number of benzene rings is 1. The topological polar surface area (TPSA) is 54.5 Å². The van der Waals surface area contributed by atoms with Crippen LogP contribution in [0.25, 0.3) is 10.1 Å². The van der Waals surface area contributed by atoms with E-state index in [9.17, 15) is 9.18 Å². The number of likely N-dealkylation sites (tertiary alicyclic amines) is 1. The first-order valence-corrected chi connectivity index (χ1v) is 12.8. The molecule has 32 heavy (non-hydrogen) atoms. The van der Waals surface area contributed by atoms with Crippen LogP contribution < -0.4 is 5.32 Å². The van der Waals surface area contributed by atoms with E-state index in [1.807, 2.05) is 26.8 Å². The van der Waals surface area contributed by atoms with Gasteiger partial charge < -0.3 is 15.0 Å². The summed E-state index contributed by atoms with van der Waals surface area (Å²) in [6.45, 7) is 9.07. The molecule has 1 amide bonds. The van der Waals surface area contributed by atoms with Crippen molar-refractivity contribution in [3.05, 3.63) is 29.7 Å². The lowest BCUT2D eigenvalue weighted by atomic mass is 9.84. The van der Waals surface area contributed by atoms with Gasteiger partial charge in [-0.25, -0.2) is 9.18 Å². The number of nitrogens with one attached hydrogen (secondary N) is 1. The zero-order chi connectivity index (χ0) is 22.7. The van der Waals surface area contributed by atoms with Crippen LogP contribution in [0.4, 0.5) is 9.18 Å². The van der Waals surface area contributed by atoms with Crippen molar-refractivity contribution in [2.24, 2.45) is 5.92 Å². The zero-order valence-electron chi connectivity index (χ0n) is 19.5. The van der Waals surface area contributed by atoms with Crippen LogP contribution in [0.1, 0.15) is 77.3 Å². The second-order valence-corrected chi connectivity index (χ2v) is 11.3. The fraction of sp³-hybridized carbons (Fsp3) is 0.680. The van der Waals surface area contributed by atoms with E-state index in [2.05, 4.69) is 14.6 Å². The minimum absolute atomic E-state index is 0.183. The summed E-state index contributed by atoms with van der Waals surface area (Å²) in [7, 11) is 0. The molecule has 0 unspecified atom stereocenters. The van der Waals surface area contributed by atoms with Gasteiger partial charge in [-0.15, -0.1) is 0 Å². The lowest BCUT2D eigenvalue weighted by Crippen LogP contribution is -2.41. The summed E-state index contributed by atoms with van der Waals surface area (Å²) in [5.41, 5.74) is 0.722. The lowest BCUT2D eigenvalue weighted by Gasteiger charge is -2.34. The molecular formula is C25H36FN3O2S. The second-order valence-electron chi connectivity index (χ2n) is 10.5. The number of carbonyl (C=O) groups is 1. The van der Waals surface area contributed by atoms with Crippen LogP contribution in [-0.4, -0.2) is 46.6 Å². The highest BCUT2D eigenvalue weighted by atomic mass is 32.1. The standard InChI is InChI=1S/C25H36FN3O2S/c1-25(2,3)31-24(30)27-20-7-4-17(5-8-20)10-13-29-14-11-18(12-15-29)23-21-9-6-19(26)16-22(21)32-28-23/h6,9,16-18,20H,4-5,7-8,10-15H2,1-3H3,(H,27,30). The van der Waals surface area contributed by atoms with E-state index in [1.54, 1.807) is 12.1 Å². The number of amides is 1. The summed E-state index contributed by atoms with van der Waals surface area (Å²) in [5, 5.41) is 4.17. The average Bonchev–Trinajstić information content (AvgIpc) is 3.15. The normalized spacial score (nSPS) is 23.4. The average molecular weight is 462 g/mol. The summed E-state index contributed by atoms with van der Waals surface area (Å²) < 4.78 is 24.5. The van der Waals surface area contributed by atoms with Crippen molar-refractivity contribution in [3.8, 4) is 0 Å². The molecule has 0 radical (unpaired) electrons. The number of fused-ring (bicyclic) bond motifs is 1. The van der Waals surface area contributed by atoms with Crippen LogP contribution in [0, 0.1) is 11.7 Å². The monoisotopic (exact) mass is 461 g/mol. The number of alkyl carbamates (subject to hydrolysis) is 1. The first-order valence-electron chi connectivity index (χ1n) is 12.0. The molecule has 1 N–H and O–H groups in total. The first kappa shape index (κ1) is 23.4. The van der Waals surface area contributed by atoms with E-state index in [4.69, 9.17) is 4.74 Å². The van der Waals surface area contributed by atoms with Crippen molar-refractivity contribution >= 4 is 27.7 Å². The highest BCUT2D eigenvalue weighted by Crippen LogP contribution is 2.35. The van der Waals surface area contributed by atoms with E-state index in [0.717, 1.165) is 61.3 Å². The van der Waals surface area contributed by atoms with Crippen LogP contribution in [0.5, 0.6) is 0 Å². The molecule has 7 heteroatoms. The van der Waals surface area contributed by atoms with E-state index >= 15 is 0 Å². The Labute approximate surface area is 194 Å². The fourth-order valence-corrected chi connectivity index (χ4v) is 5.97. The Bertz CT molecular complexity index is 910. The number of ether oxygens (including phenoxy) is 1. The van der Waals surface area contributed by atoms with Gasteiger partial charge in [0.15, 0.2) is 0 Å². The van der Waals surface area contributed by atoms with Crippen LogP contribution in [-0.2, 0) is 4.74 Å². The summed E-state index contributed by atoms with van der Waals surface area (Å²) in [5.74, 6) is 1.05. The van der Waals surface area contributed by atoms with Gasteiger partial charge in [-0.05, 0) is 121 Å². The third kappa shape index (κ3) is 6.19. The van der Waals surface area contributed by atoms with E-state index in [0.29, 0.717) is 5.92 Å². The Morgan fingerprint density at radius 2 is 1.91 bits per heavy atom. The predicted molar refractivity (Wildman–Crippen MR) is 128 cm³/mol. The molecule has 1 saturated heterocycles. The molecule has 0 bridgehead atoms. The minimum atomic E-state index is -0.445. The second kappa shape index (κ2) is 10.0. The Kier molecular flexibility index (Phi) is 7.35. The van der Waals surface area contributed by atoms with Crippen molar-refractivity contribution in [2.45, 2.75) is 83.3 Å². The van der Waals surface area contributed by atoms with Crippen LogP contribution in [0.3, 0.4) is 0 Å². The lowest BCUT2D eigenvalue weighted by molar-refractivity contribution is 0.0485. The molecule has 1 aromatic carbocycles. The molecule has 1 aliphatic carbocycles.